The number of rotatable bonds is 4. The summed E-state index contributed by atoms with van der Waals surface area (Å²) in [7, 11) is 0. The number of carbonyl (C=O) groups is 2. The van der Waals surface area contributed by atoms with Gasteiger partial charge in [-0.1, -0.05) is 6.07 Å². The fourth-order valence-electron chi connectivity index (χ4n) is 1.71. The molecule has 22 heavy (non-hydrogen) atoms. The van der Waals surface area contributed by atoms with Crippen LogP contribution in [0.15, 0.2) is 46.9 Å². The van der Waals surface area contributed by atoms with Gasteiger partial charge >= 0.3 is 5.97 Å². The predicted octanol–water partition coefficient (Wildman–Crippen LogP) is 3.69. The quantitative estimate of drug-likeness (QED) is 0.840. The maximum Gasteiger partial charge on any atom is 0.338 e. The van der Waals surface area contributed by atoms with E-state index in [-0.39, 0.29) is 5.56 Å². The molecule has 0 heterocycles. The van der Waals surface area contributed by atoms with Crippen LogP contribution in [0.5, 0.6) is 0 Å². The van der Waals surface area contributed by atoms with Crippen molar-refractivity contribution in [3.8, 4) is 0 Å². The molecule has 0 saturated carbocycles. The second-order valence-electron chi connectivity index (χ2n) is 4.61. The third kappa shape index (κ3) is 4.39. The number of benzene rings is 2. The highest BCUT2D eigenvalue weighted by molar-refractivity contribution is 9.10. The van der Waals surface area contributed by atoms with Crippen LogP contribution < -0.4 is 5.32 Å². The molecule has 0 aromatic heterocycles. The lowest BCUT2D eigenvalue weighted by Crippen LogP contribution is -2.21. The van der Waals surface area contributed by atoms with Crippen LogP contribution in [0.2, 0.25) is 0 Å². The van der Waals surface area contributed by atoms with Gasteiger partial charge in [0.25, 0.3) is 5.91 Å². The van der Waals surface area contributed by atoms with Crippen LogP contribution in [0.4, 0.5) is 10.1 Å². The van der Waals surface area contributed by atoms with Crippen LogP contribution in [0, 0.1) is 12.7 Å². The highest BCUT2D eigenvalue weighted by atomic mass is 79.9. The Labute approximate surface area is 135 Å². The lowest BCUT2D eigenvalue weighted by Gasteiger charge is -2.09. The zero-order chi connectivity index (χ0) is 16.1. The standard InChI is InChI=1S/C16H13BrFNO3/c1-10-2-7-14(13(17)8-10)19-15(20)9-22-16(21)11-3-5-12(18)6-4-11/h2-8H,9H2,1H3,(H,19,20). The van der Waals surface area contributed by atoms with Crippen LogP contribution in [-0.2, 0) is 9.53 Å². The summed E-state index contributed by atoms with van der Waals surface area (Å²) in [4.78, 5) is 23.5. The lowest BCUT2D eigenvalue weighted by molar-refractivity contribution is -0.119. The van der Waals surface area contributed by atoms with E-state index < -0.39 is 24.3 Å². The van der Waals surface area contributed by atoms with E-state index in [2.05, 4.69) is 21.2 Å². The first kappa shape index (κ1) is 16.2. The number of carbonyl (C=O) groups excluding carboxylic acids is 2. The molecule has 1 amide bonds. The summed E-state index contributed by atoms with van der Waals surface area (Å²) in [6, 6.07) is 10.4. The van der Waals surface area contributed by atoms with E-state index in [9.17, 15) is 14.0 Å². The second-order valence-corrected chi connectivity index (χ2v) is 5.47. The topological polar surface area (TPSA) is 55.4 Å². The zero-order valence-electron chi connectivity index (χ0n) is 11.7. The van der Waals surface area contributed by atoms with Gasteiger partial charge in [0.15, 0.2) is 6.61 Å². The van der Waals surface area contributed by atoms with Crippen molar-refractivity contribution >= 4 is 33.5 Å². The van der Waals surface area contributed by atoms with Crippen molar-refractivity contribution in [2.24, 2.45) is 0 Å². The molecule has 2 aromatic carbocycles. The van der Waals surface area contributed by atoms with Crippen molar-refractivity contribution < 1.29 is 18.7 Å². The summed E-state index contributed by atoms with van der Waals surface area (Å²) in [6.45, 7) is 1.51. The maximum atomic E-state index is 12.8. The highest BCUT2D eigenvalue weighted by Gasteiger charge is 2.11. The Bertz CT molecular complexity index is 701. The van der Waals surface area contributed by atoms with Gasteiger partial charge in [-0.3, -0.25) is 4.79 Å². The van der Waals surface area contributed by atoms with E-state index in [1.165, 1.54) is 12.1 Å². The Morgan fingerprint density at radius 2 is 1.86 bits per heavy atom. The summed E-state index contributed by atoms with van der Waals surface area (Å²) >= 11 is 3.34. The average molecular weight is 366 g/mol. The van der Waals surface area contributed by atoms with Gasteiger partial charge in [-0.05, 0) is 64.8 Å². The van der Waals surface area contributed by atoms with E-state index in [0.717, 1.165) is 22.2 Å². The molecule has 6 heteroatoms. The third-order valence-corrected chi connectivity index (χ3v) is 3.47. The summed E-state index contributed by atoms with van der Waals surface area (Å²) < 4.78 is 18.4. The number of halogens is 2. The first-order chi connectivity index (χ1) is 10.5. The van der Waals surface area contributed by atoms with Crippen molar-refractivity contribution in [2.75, 3.05) is 11.9 Å². The number of amides is 1. The molecule has 0 bridgehead atoms. The minimum absolute atomic E-state index is 0.186. The highest BCUT2D eigenvalue weighted by Crippen LogP contribution is 2.23. The van der Waals surface area contributed by atoms with Gasteiger partial charge < -0.3 is 10.1 Å². The van der Waals surface area contributed by atoms with Crippen LogP contribution in [0.25, 0.3) is 0 Å². The van der Waals surface area contributed by atoms with Crippen LogP contribution in [0.3, 0.4) is 0 Å². The number of anilines is 1. The number of nitrogens with one attached hydrogen (secondary N) is 1. The van der Waals surface area contributed by atoms with E-state index >= 15 is 0 Å². The van der Waals surface area contributed by atoms with Crippen molar-refractivity contribution in [3.63, 3.8) is 0 Å². The van der Waals surface area contributed by atoms with Crippen LogP contribution >= 0.6 is 15.9 Å². The smallest absolute Gasteiger partial charge is 0.338 e. The normalized spacial score (nSPS) is 10.1. The molecular formula is C16H13BrFNO3. The molecule has 1 N–H and O–H groups in total. The molecule has 0 spiro atoms. The van der Waals surface area contributed by atoms with Gasteiger partial charge in [-0.2, -0.15) is 0 Å². The van der Waals surface area contributed by atoms with Gasteiger partial charge in [0, 0.05) is 4.47 Å². The van der Waals surface area contributed by atoms with Gasteiger partial charge in [-0.15, -0.1) is 0 Å². The molecular weight excluding hydrogens is 353 g/mol. The molecule has 0 radical (unpaired) electrons. The molecule has 0 fully saturated rings. The van der Waals surface area contributed by atoms with Gasteiger partial charge in [-0.25, -0.2) is 9.18 Å². The van der Waals surface area contributed by atoms with Crippen LogP contribution in [-0.4, -0.2) is 18.5 Å². The molecule has 4 nitrogen and oxygen atoms in total. The zero-order valence-corrected chi connectivity index (χ0v) is 13.3. The molecule has 0 aliphatic carbocycles. The molecule has 114 valence electrons. The minimum atomic E-state index is -0.682. The molecule has 0 aliphatic rings. The largest absolute Gasteiger partial charge is 0.452 e. The van der Waals surface area contributed by atoms with Crippen molar-refractivity contribution in [2.45, 2.75) is 6.92 Å². The molecule has 2 rings (SSSR count). The number of hydrogen-bond acceptors (Lipinski definition) is 3. The number of esters is 1. The van der Waals surface area contributed by atoms with Gasteiger partial charge in [0.05, 0.1) is 11.3 Å². The second kappa shape index (κ2) is 7.17. The summed E-state index contributed by atoms with van der Waals surface area (Å²) in [5.41, 5.74) is 1.83. The number of aryl methyl sites for hydroxylation is 1. The monoisotopic (exact) mass is 365 g/mol. The SMILES string of the molecule is Cc1ccc(NC(=O)COC(=O)c2ccc(F)cc2)c(Br)c1. The van der Waals surface area contributed by atoms with Crippen molar-refractivity contribution in [3.05, 3.63) is 63.9 Å². The average Bonchev–Trinajstić information content (AvgIpc) is 2.48. The Balaban J connectivity index is 1.89. The molecule has 0 unspecified atom stereocenters. The Kier molecular flexibility index (Phi) is 5.27. The predicted molar refractivity (Wildman–Crippen MR) is 84.2 cm³/mol. The summed E-state index contributed by atoms with van der Waals surface area (Å²) in [5, 5.41) is 2.63. The Morgan fingerprint density at radius 1 is 1.18 bits per heavy atom. The van der Waals surface area contributed by atoms with E-state index in [0.29, 0.717) is 5.69 Å². The number of ether oxygens (including phenoxy) is 1. The van der Waals surface area contributed by atoms with E-state index in [1.807, 2.05) is 19.1 Å². The minimum Gasteiger partial charge on any atom is -0.452 e. The van der Waals surface area contributed by atoms with Gasteiger partial charge in [0.2, 0.25) is 0 Å². The Morgan fingerprint density at radius 3 is 2.50 bits per heavy atom. The molecule has 2 aromatic rings. The first-order valence-corrected chi connectivity index (χ1v) is 7.23. The lowest BCUT2D eigenvalue weighted by atomic mass is 10.2. The molecule has 0 aliphatic heterocycles. The van der Waals surface area contributed by atoms with Gasteiger partial charge in [0.1, 0.15) is 5.82 Å². The Hall–Kier alpha value is -2.21. The fourth-order valence-corrected chi connectivity index (χ4v) is 2.30. The summed E-state index contributed by atoms with van der Waals surface area (Å²) in [6.07, 6.45) is 0. The summed E-state index contributed by atoms with van der Waals surface area (Å²) in [5.74, 6) is -1.59. The first-order valence-electron chi connectivity index (χ1n) is 6.44. The van der Waals surface area contributed by atoms with E-state index in [4.69, 9.17) is 4.74 Å². The van der Waals surface area contributed by atoms with E-state index in [1.54, 1.807) is 6.07 Å². The van der Waals surface area contributed by atoms with Crippen LogP contribution in [0.1, 0.15) is 15.9 Å². The van der Waals surface area contributed by atoms with Crippen molar-refractivity contribution in [1.82, 2.24) is 0 Å². The molecule has 0 atom stereocenters. The van der Waals surface area contributed by atoms with Crippen molar-refractivity contribution in [1.29, 1.82) is 0 Å². The molecule has 0 saturated heterocycles. The number of hydrogen-bond donors (Lipinski definition) is 1. The third-order valence-electron chi connectivity index (χ3n) is 2.81. The maximum absolute atomic E-state index is 12.8. The fraction of sp³-hybridized carbons (Fsp3) is 0.125.